The highest BCUT2D eigenvalue weighted by Crippen LogP contribution is 1.99. The van der Waals surface area contributed by atoms with Gasteiger partial charge in [-0.3, -0.25) is 4.90 Å². The van der Waals surface area contributed by atoms with Crippen LogP contribution in [0.25, 0.3) is 0 Å². The zero-order valence-corrected chi connectivity index (χ0v) is 10.9. The molecule has 2 nitrogen and oxygen atoms in total. The monoisotopic (exact) mass is 212 g/mol. The Hall–Kier alpha value is -0.340. The molecule has 0 radical (unpaired) electrons. The summed E-state index contributed by atoms with van der Waals surface area (Å²) in [6, 6.07) is 0. The van der Waals surface area contributed by atoms with Gasteiger partial charge in [-0.15, -0.1) is 6.58 Å². The van der Waals surface area contributed by atoms with E-state index >= 15 is 0 Å². The summed E-state index contributed by atoms with van der Waals surface area (Å²) in [6.45, 7) is 18.3. The highest BCUT2D eigenvalue weighted by molar-refractivity contribution is 4.74. The summed E-state index contributed by atoms with van der Waals surface area (Å²) >= 11 is 0. The van der Waals surface area contributed by atoms with Gasteiger partial charge in [0, 0.05) is 13.1 Å². The molecule has 1 N–H and O–H groups in total. The van der Waals surface area contributed by atoms with E-state index in [2.05, 4.69) is 44.5 Å². The van der Waals surface area contributed by atoms with Gasteiger partial charge in [-0.1, -0.05) is 33.8 Å². The largest absolute Gasteiger partial charge is 0.316 e. The van der Waals surface area contributed by atoms with Crippen molar-refractivity contribution in [1.82, 2.24) is 10.2 Å². The fraction of sp³-hybridized carbons (Fsp3) is 0.846. The van der Waals surface area contributed by atoms with Gasteiger partial charge < -0.3 is 5.32 Å². The third-order valence-electron chi connectivity index (χ3n) is 2.45. The number of nitrogens with zero attached hydrogens (tertiary/aromatic N) is 1. The minimum atomic E-state index is 0.712. The van der Waals surface area contributed by atoms with Crippen LogP contribution < -0.4 is 5.32 Å². The van der Waals surface area contributed by atoms with E-state index in [-0.39, 0.29) is 0 Å². The molecule has 0 aromatic carbocycles. The second kappa shape index (κ2) is 8.93. The van der Waals surface area contributed by atoms with Gasteiger partial charge in [-0.05, 0) is 31.5 Å². The average Bonchev–Trinajstić information content (AvgIpc) is 2.16. The van der Waals surface area contributed by atoms with Crippen molar-refractivity contribution in [3.05, 3.63) is 12.7 Å². The maximum Gasteiger partial charge on any atom is 0.0160 e. The summed E-state index contributed by atoms with van der Waals surface area (Å²) in [5.74, 6) is 1.45. The highest BCUT2D eigenvalue weighted by Gasteiger charge is 2.07. The quantitative estimate of drug-likeness (QED) is 0.590. The fourth-order valence-corrected chi connectivity index (χ4v) is 1.64. The normalized spacial score (nSPS) is 13.5. The number of hydrogen-bond acceptors (Lipinski definition) is 2. The predicted octanol–water partition coefficient (Wildman–Crippen LogP) is 2.38. The Labute approximate surface area is 95.7 Å². The molecule has 2 heteroatoms. The molecule has 0 amide bonds. The molecule has 0 aromatic heterocycles. The molecule has 0 heterocycles. The SMILES string of the molecule is C=CCN(CC)CC(C)CNCC(C)C. The van der Waals surface area contributed by atoms with Crippen LogP contribution in [0.1, 0.15) is 27.7 Å². The molecule has 0 aliphatic rings. The lowest BCUT2D eigenvalue weighted by Crippen LogP contribution is -2.34. The number of rotatable bonds is 9. The van der Waals surface area contributed by atoms with E-state index in [1.807, 2.05) is 6.08 Å². The molecule has 0 fully saturated rings. The van der Waals surface area contributed by atoms with Crippen LogP contribution in [-0.4, -0.2) is 37.6 Å². The number of likely N-dealkylation sites (N-methyl/N-ethyl adjacent to an activating group) is 1. The Balaban J connectivity index is 3.60. The lowest BCUT2D eigenvalue weighted by Gasteiger charge is -2.23. The average molecular weight is 212 g/mol. The maximum atomic E-state index is 3.78. The van der Waals surface area contributed by atoms with Crippen LogP contribution in [-0.2, 0) is 0 Å². The minimum absolute atomic E-state index is 0.712. The van der Waals surface area contributed by atoms with Gasteiger partial charge in [0.25, 0.3) is 0 Å². The van der Waals surface area contributed by atoms with Crippen LogP contribution in [0.15, 0.2) is 12.7 Å². The molecule has 90 valence electrons. The molecule has 1 unspecified atom stereocenters. The second-order valence-electron chi connectivity index (χ2n) is 4.80. The van der Waals surface area contributed by atoms with Gasteiger partial charge in [-0.2, -0.15) is 0 Å². The molecule has 0 aromatic rings. The van der Waals surface area contributed by atoms with E-state index in [0.29, 0.717) is 5.92 Å². The van der Waals surface area contributed by atoms with E-state index in [4.69, 9.17) is 0 Å². The molecule has 15 heavy (non-hydrogen) atoms. The van der Waals surface area contributed by atoms with E-state index in [0.717, 1.165) is 38.6 Å². The van der Waals surface area contributed by atoms with Crippen molar-refractivity contribution < 1.29 is 0 Å². The topological polar surface area (TPSA) is 15.3 Å². The first-order valence-corrected chi connectivity index (χ1v) is 6.14. The molecule has 0 spiro atoms. The maximum absolute atomic E-state index is 3.78. The second-order valence-corrected chi connectivity index (χ2v) is 4.80. The Morgan fingerprint density at radius 1 is 1.27 bits per heavy atom. The van der Waals surface area contributed by atoms with E-state index < -0.39 is 0 Å². The molecule has 0 rings (SSSR count). The first kappa shape index (κ1) is 14.7. The number of hydrogen-bond donors (Lipinski definition) is 1. The summed E-state index contributed by atoms with van der Waals surface area (Å²) in [5.41, 5.74) is 0. The molecular weight excluding hydrogens is 184 g/mol. The van der Waals surface area contributed by atoms with Gasteiger partial charge >= 0.3 is 0 Å². The smallest absolute Gasteiger partial charge is 0.0160 e. The third kappa shape index (κ3) is 8.64. The van der Waals surface area contributed by atoms with Crippen LogP contribution in [0.4, 0.5) is 0 Å². The van der Waals surface area contributed by atoms with Crippen molar-refractivity contribution in [3.8, 4) is 0 Å². The zero-order chi connectivity index (χ0) is 11.7. The van der Waals surface area contributed by atoms with Crippen molar-refractivity contribution in [3.63, 3.8) is 0 Å². The standard InChI is InChI=1S/C13H28N2/c1-6-8-15(7-2)11-13(5)10-14-9-12(3)4/h6,12-14H,1,7-11H2,2-5H3. The Bertz CT molecular complexity index is 155. The molecular formula is C13H28N2. The Morgan fingerprint density at radius 3 is 2.40 bits per heavy atom. The van der Waals surface area contributed by atoms with Crippen molar-refractivity contribution in [1.29, 1.82) is 0 Å². The van der Waals surface area contributed by atoms with Gasteiger partial charge in [0.1, 0.15) is 0 Å². The first-order chi connectivity index (χ1) is 7.10. The summed E-state index contributed by atoms with van der Waals surface area (Å²) in [4.78, 5) is 2.43. The van der Waals surface area contributed by atoms with E-state index in [1.54, 1.807) is 0 Å². The fourth-order valence-electron chi connectivity index (χ4n) is 1.64. The highest BCUT2D eigenvalue weighted by atomic mass is 15.1. The first-order valence-electron chi connectivity index (χ1n) is 6.14. The predicted molar refractivity (Wildman–Crippen MR) is 69.2 cm³/mol. The minimum Gasteiger partial charge on any atom is -0.316 e. The van der Waals surface area contributed by atoms with Gasteiger partial charge in [0.2, 0.25) is 0 Å². The zero-order valence-electron chi connectivity index (χ0n) is 10.9. The molecule has 0 aliphatic heterocycles. The van der Waals surface area contributed by atoms with Crippen molar-refractivity contribution in [2.45, 2.75) is 27.7 Å². The van der Waals surface area contributed by atoms with Gasteiger partial charge in [0.05, 0.1) is 0 Å². The molecule has 1 atom stereocenters. The van der Waals surface area contributed by atoms with Crippen LogP contribution in [0.3, 0.4) is 0 Å². The summed E-state index contributed by atoms with van der Waals surface area (Å²) < 4.78 is 0. The molecule has 0 bridgehead atoms. The van der Waals surface area contributed by atoms with E-state index in [9.17, 15) is 0 Å². The summed E-state index contributed by atoms with van der Waals surface area (Å²) in [7, 11) is 0. The van der Waals surface area contributed by atoms with Crippen LogP contribution in [0.5, 0.6) is 0 Å². The lowest BCUT2D eigenvalue weighted by molar-refractivity contribution is 0.267. The lowest BCUT2D eigenvalue weighted by atomic mass is 10.1. The van der Waals surface area contributed by atoms with Crippen LogP contribution in [0.2, 0.25) is 0 Å². The molecule has 0 aliphatic carbocycles. The summed E-state index contributed by atoms with van der Waals surface area (Å²) in [6.07, 6.45) is 1.98. The van der Waals surface area contributed by atoms with Gasteiger partial charge in [0.15, 0.2) is 0 Å². The Kier molecular flexibility index (Phi) is 8.73. The van der Waals surface area contributed by atoms with Crippen molar-refractivity contribution in [2.24, 2.45) is 11.8 Å². The molecule has 0 saturated heterocycles. The van der Waals surface area contributed by atoms with Gasteiger partial charge in [-0.25, -0.2) is 0 Å². The van der Waals surface area contributed by atoms with Crippen LogP contribution in [0, 0.1) is 11.8 Å². The third-order valence-corrected chi connectivity index (χ3v) is 2.45. The Morgan fingerprint density at radius 2 is 1.93 bits per heavy atom. The van der Waals surface area contributed by atoms with E-state index in [1.165, 1.54) is 0 Å². The van der Waals surface area contributed by atoms with Crippen molar-refractivity contribution >= 4 is 0 Å². The van der Waals surface area contributed by atoms with Crippen LogP contribution >= 0.6 is 0 Å². The molecule has 0 saturated carbocycles. The summed E-state index contributed by atoms with van der Waals surface area (Å²) in [5, 5.41) is 3.50. The van der Waals surface area contributed by atoms with Crippen molar-refractivity contribution in [2.75, 3.05) is 32.7 Å². The number of nitrogens with one attached hydrogen (secondary N) is 1.